The van der Waals surface area contributed by atoms with E-state index in [-0.39, 0.29) is 12.6 Å². The standard InChI is InChI=1S/C10H23NO2/c1-8(2)9(3)13-6-5-10(7-12)11-4/h8-12H,5-7H2,1-4H3. The summed E-state index contributed by atoms with van der Waals surface area (Å²) in [6.45, 7) is 7.26. The van der Waals surface area contributed by atoms with Crippen LogP contribution in [-0.4, -0.2) is 37.5 Å². The molecule has 2 N–H and O–H groups in total. The van der Waals surface area contributed by atoms with Crippen molar-refractivity contribution in [2.24, 2.45) is 5.92 Å². The highest BCUT2D eigenvalue weighted by atomic mass is 16.5. The van der Waals surface area contributed by atoms with Crippen molar-refractivity contribution in [3.8, 4) is 0 Å². The predicted octanol–water partition coefficient (Wildman–Crippen LogP) is 1.02. The Labute approximate surface area is 81.5 Å². The summed E-state index contributed by atoms with van der Waals surface area (Å²) >= 11 is 0. The molecular formula is C10H23NO2. The van der Waals surface area contributed by atoms with E-state index in [1.165, 1.54) is 0 Å². The molecule has 0 spiro atoms. The molecule has 0 aromatic heterocycles. The van der Waals surface area contributed by atoms with Gasteiger partial charge in [-0.2, -0.15) is 0 Å². The Bertz CT molecular complexity index is 111. The molecule has 0 fully saturated rings. The molecule has 3 nitrogen and oxygen atoms in total. The molecular weight excluding hydrogens is 166 g/mol. The zero-order valence-corrected chi connectivity index (χ0v) is 9.21. The Kier molecular flexibility index (Phi) is 7.23. The molecule has 0 aliphatic rings. The third-order valence-corrected chi connectivity index (χ3v) is 2.41. The van der Waals surface area contributed by atoms with Crippen LogP contribution < -0.4 is 5.32 Å². The van der Waals surface area contributed by atoms with Crippen LogP contribution in [0.5, 0.6) is 0 Å². The van der Waals surface area contributed by atoms with E-state index in [1.54, 1.807) is 0 Å². The van der Waals surface area contributed by atoms with Gasteiger partial charge in [0.1, 0.15) is 0 Å². The minimum atomic E-state index is 0.166. The van der Waals surface area contributed by atoms with Crippen molar-refractivity contribution in [1.82, 2.24) is 5.32 Å². The first-order valence-corrected chi connectivity index (χ1v) is 5.01. The van der Waals surface area contributed by atoms with Crippen LogP contribution in [0.4, 0.5) is 0 Å². The molecule has 0 amide bonds. The van der Waals surface area contributed by atoms with Gasteiger partial charge < -0.3 is 15.2 Å². The largest absolute Gasteiger partial charge is 0.395 e. The molecule has 80 valence electrons. The van der Waals surface area contributed by atoms with Gasteiger partial charge in [-0.15, -0.1) is 0 Å². The highest BCUT2D eigenvalue weighted by Gasteiger charge is 2.08. The number of aliphatic hydroxyl groups is 1. The fraction of sp³-hybridized carbons (Fsp3) is 1.00. The summed E-state index contributed by atoms with van der Waals surface area (Å²) in [7, 11) is 1.85. The molecule has 0 aliphatic carbocycles. The first kappa shape index (κ1) is 12.9. The van der Waals surface area contributed by atoms with E-state index in [9.17, 15) is 0 Å². The second-order valence-electron chi connectivity index (χ2n) is 3.78. The molecule has 13 heavy (non-hydrogen) atoms. The highest BCUT2D eigenvalue weighted by molar-refractivity contribution is 4.62. The molecule has 0 heterocycles. The SMILES string of the molecule is CNC(CO)CCOC(C)C(C)C. The number of likely N-dealkylation sites (N-methyl/N-ethyl adjacent to an activating group) is 1. The fourth-order valence-corrected chi connectivity index (χ4v) is 0.916. The smallest absolute Gasteiger partial charge is 0.0585 e. The van der Waals surface area contributed by atoms with Crippen molar-refractivity contribution in [3.05, 3.63) is 0 Å². The number of hydrogen-bond acceptors (Lipinski definition) is 3. The summed E-state index contributed by atoms with van der Waals surface area (Å²) in [6.07, 6.45) is 1.17. The first-order valence-electron chi connectivity index (χ1n) is 5.01. The summed E-state index contributed by atoms with van der Waals surface area (Å²) in [4.78, 5) is 0. The van der Waals surface area contributed by atoms with Crippen molar-refractivity contribution in [2.75, 3.05) is 20.3 Å². The Morgan fingerprint density at radius 3 is 2.31 bits per heavy atom. The Morgan fingerprint density at radius 2 is 1.92 bits per heavy atom. The van der Waals surface area contributed by atoms with Crippen LogP contribution in [0.15, 0.2) is 0 Å². The maximum Gasteiger partial charge on any atom is 0.0585 e. The van der Waals surface area contributed by atoms with Gasteiger partial charge in [-0.3, -0.25) is 0 Å². The summed E-state index contributed by atoms with van der Waals surface area (Å²) in [5.41, 5.74) is 0. The molecule has 0 aromatic rings. The lowest BCUT2D eigenvalue weighted by atomic mass is 10.1. The van der Waals surface area contributed by atoms with Crippen LogP contribution >= 0.6 is 0 Å². The lowest BCUT2D eigenvalue weighted by Crippen LogP contribution is -2.31. The van der Waals surface area contributed by atoms with Crippen LogP contribution in [0.1, 0.15) is 27.2 Å². The molecule has 3 heteroatoms. The van der Waals surface area contributed by atoms with Gasteiger partial charge in [0.25, 0.3) is 0 Å². The number of ether oxygens (including phenoxy) is 1. The van der Waals surface area contributed by atoms with Gasteiger partial charge in [-0.05, 0) is 26.3 Å². The zero-order valence-electron chi connectivity index (χ0n) is 9.21. The van der Waals surface area contributed by atoms with Gasteiger partial charge in [-0.1, -0.05) is 13.8 Å². The number of aliphatic hydroxyl groups excluding tert-OH is 1. The minimum absolute atomic E-state index is 0.166. The van der Waals surface area contributed by atoms with Crippen LogP contribution in [0.25, 0.3) is 0 Å². The van der Waals surface area contributed by atoms with E-state index in [4.69, 9.17) is 9.84 Å². The van der Waals surface area contributed by atoms with Crippen molar-refractivity contribution < 1.29 is 9.84 Å². The van der Waals surface area contributed by atoms with Crippen LogP contribution in [0.3, 0.4) is 0 Å². The van der Waals surface area contributed by atoms with Gasteiger partial charge in [0, 0.05) is 12.6 Å². The average molecular weight is 189 g/mol. The zero-order chi connectivity index (χ0) is 10.3. The number of hydrogen-bond donors (Lipinski definition) is 2. The topological polar surface area (TPSA) is 41.5 Å². The maximum absolute atomic E-state index is 8.88. The summed E-state index contributed by atoms with van der Waals surface area (Å²) < 4.78 is 5.59. The molecule has 0 radical (unpaired) electrons. The number of nitrogens with one attached hydrogen (secondary N) is 1. The van der Waals surface area contributed by atoms with Crippen molar-refractivity contribution in [3.63, 3.8) is 0 Å². The van der Waals surface area contributed by atoms with Crippen molar-refractivity contribution in [1.29, 1.82) is 0 Å². The Morgan fingerprint density at radius 1 is 1.31 bits per heavy atom. The Hall–Kier alpha value is -0.120. The van der Waals surface area contributed by atoms with E-state index < -0.39 is 0 Å². The monoisotopic (exact) mass is 189 g/mol. The van der Waals surface area contributed by atoms with Crippen molar-refractivity contribution in [2.45, 2.75) is 39.3 Å². The average Bonchev–Trinajstić information content (AvgIpc) is 2.12. The molecule has 0 saturated carbocycles. The van der Waals surface area contributed by atoms with Crippen LogP contribution in [0.2, 0.25) is 0 Å². The molecule has 2 unspecified atom stereocenters. The molecule has 0 bridgehead atoms. The molecule has 0 aromatic carbocycles. The van der Waals surface area contributed by atoms with Crippen LogP contribution in [0, 0.1) is 5.92 Å². The van der Waals surface area contributed by atoms with Gasteiger partial charge >= 0.3 is 0 Å². The van der Waals surface area contributed by atoms with Gasteiger partial charge in [0.15, 0.2) is 0 Å². The van der Waals surface area contributed by atoms with Gasteiger partial charge in [-0.25, -0.2) is 0 Å². The second kappa shape index (κ2) is 7.30. The van der Waals surface area contributed by atoms with Crippen LogP contribution in [-0.2, 0) is 4.74 Å². The molecule has 2 atom stereocenters. The predicted molar refractivity (Wildman–Crippen MR) is 54.8 cm³/mol. The summed E-state index contributed by atoms with van der Waals surface area (Å²) in [6, 6.07) is 0.166. The lowest BCUT2D eigenvalue weighted by Gasteiger charge is -2.18. The van der Waals surface area contributed by atoms with Crippen molar-refractivity contribution >= 4 is 0 Å². The minimum Gasteiger partial charge on any atom is -0.395 e. The summed E-state index contributed by atoms with van der Waals surface area (Å²) in [5.74, 6) is 0.558. The highest BCUT2D eigenvalue weighted by Crippen LogP contribution is 2.05. The normalized spacial score (nSPS) is 16.2. The quantitative estimate of drug-likeness (QED) is 0.628. The first-order chi connectivity index (χ1) is 6.11. The van der Waals surface area contributed by atoms with E-state index >= 15 is 0 Å². The third-order valence-electron chi connectivity index (χ3n) is 2.41. The van der Waals surface area contributed by atoms with Gasteiger partial charge in [0.05, 0.1) is 12.7 Å². The lowest BCUT2D eigenvalue weighted by molar-refractivity contribution is 0.0276. The maximum atomic E-state index is 8.88. The van der Waals surface area contributed by atoms with E-state index in [0.29, 0.717) is 18.6 Å². The third kappa shape index (κ3) is 6.02. The second-order valence-corrected chi connectivity index (χ2v) is 3.78. The molecule has 0 aliphatic heterocycles. The molecule has 0 rings (SSSR count). The summed E-state index contributed by atoms with van der Waals surface area (Å²) in [5, 5.41) is 11.9. The van der Waals surface area contributed by atoms with E-state index in [1.807, 2.05) is 7.05 Å². The Balaban J connectivity index is 3.43. The van der Waals surface area contributed by atoms with Gasteiger partial charge in [0.2, 0.25) is 0 Å². The van der Waals surface area contributed by atoms with E-state index in [2.05, 4.69) is 26.1 Å². The fourth-order valence-electron chi connectivity index (χ4n) is 0.916. The van der Waals surface area contributed by atoms with E-state index in [0.717, 1.165) is 6.42 Å². The number of rotatable bonds is 7. The molecule has 0 saturated heterocycles.